The summed E-state index contributed by atoms with van der Waals surface area (Å²) in [5.41, 5.74) is 5.74. The molecule has 0 radical (unpaired) electrons. The van der Waals surface area contributed by atoms with Gasteiger partial charge in [-0.2, -0.15) is 0 Å². The minimum absolute atomic E-state index is 0.0931. The summed E-state index contributed by atoms with van der Waals surface area (Å²) < 4.78 is 2.09. The highest BCUT2D eigenvalue weighted by molar-refractivity contribution is 6.13. The number of benzene rings is 2. The van der Waals surface area contributed by atoms with E-state index in [-0.39, 0.29) is 5.91 Å². The van der Waals surface area contributed by atoms with Gasteiger partial charge in [0.05, 0.1) is 22.1 Å². The third-order valence-electron chi connectivity index (χ3n) is 5.47. The summed E-state index contributed by atoms with van der Waals surface area (Å²) in [5.74, 6) is 0.519. The van der Waals surface area contributed by atoms with E-state index in [0.29, 0.717) is 5.95 Å². The van der Waals surface area contributed by atoms with E-state index in [2.05, 4.69) is 21.8 Å². The van der Waals surface area contributed by atoms with Gasteiger partial charge in [0, 0.05) is 17.6 Å². The number of hydrogen-bond donors (Lipinski definition) is 1. The number of fused-ring (bicyclic) bond motifs is 3. The summed E-state index contributed by atoms with van der Waals surface area (Å²) in [5, 5.41) is 4.02. The number of para-hydroxylation sites is 3. The number of carbonyl (C=O) groups is 1. The molecular weight excluding hydrogens is 348 g/mol. The zero-order valence-corrected chi connectivity index (χ0v) is 15.9. The largest absolute Gasteiger partial charge is 0.310 e. The number of nitrogens with zero attached hydrogens (tertiary/aromatic N) is 3. The molecule has 4 aromatic rings. The topological polar surface area (TPSA) is 59.8 Å². The van der Waals surface area contributed by atoms with E-state index in [4.69, 9.17) is 4.98 Å². The van der Waals surface area contributed by atoms with E-state index in [1.165, 1.54) is 0 Å². The molecule has 0 saturated carbocycles. The summed E-state index contributed by atoms with van der Waals surface area (Å²) in [4.78, 5) is 22.9. The Morgan fingerprint density at radius 1 is 1.04 bits per heavy atom. The highest BCUT2D eigenvalue weighted by Gasteiger charge is 2.25. The molecule has 1 aliphatic carbocycles. The summed E-state index contributed by atoms with van der Waals surface area (Å²) >= 11 is 0. The van der Waals surface area contributed by atoms with Gasteiger partial charge in [-0.3, -0.25) is 15.1 Å². The number of rotatable bonds is 4. The van der Waals surface area contributed by atoms with Gasteiger partial charge in [-0.1, -0.05) is 37.3 Å². The Balaban J connectivity index is 1.62. The van der Waals surface area contributed by atoms with Crippen molar-refractivity contribution in [1.29, 1.82) is 0 Å². The fourth-order valence-electron chi connectivity index (χ4n) is 4.26. The number of amides is 1. The van der Waals surface area contributed by atoms with Crippen molar-refractivity contribution in [2.45, 2.75) is 39.2 Å². The Bertz CT molecular complexity index is 1210. The van der Waals surface area contributed by atoms with Crippen molar-refractivity contribution in [2.75, 3.05) is 5.32 Å². The van der Waals surface area contributed by atoms with E-state index in [0.717, 1.165) is 71.0 Å². The molecular formula is C23H22N4O. The van der Waals surface area contributed by atoms with Crippen LogP contribution in [0.25, 0.3) is 21.9 Å². The summed E-state index contributed by atoms with van der Waals surface area (Å²) in [6.45, 7) is 2.94. The van der Waals surface area contributed by atoms with Gasteiger partial charge in [0.1, 0.15) is 0 Å². The van der Waals surface area contributed by atoms with Crippen LogP contribution in [0.3, 0.4) is 0 Å². The molecule has 1 aliphatic rings. The van der Waals surface area contributed by atoms with Gasteiger partial charge in [0.2, 0.25) is 5.95 Å². The van der Waals surface area contributed by atoms with E-state index in [9.17, 15) is 4.79 Å². The number of aryl methyl sites for hydroxylation is 2. The highest BCUT2D eigenvalue weighted by atomic mass is 16.1. The van der Waals surface area contributed by atoms with Crippen LogP contribution >= 0.6 is 0 Å². The molecule has 0 saturated heterocycles. The molecule has 0 fully saturated rings. The fourth-order valence-corrected chi connectivity index (χ4v) is 4.26. The number of pyridine rings is 1. The first kappa shape index (κ1) is 16.9. The molecule has 0 unspecified atom stereocenters. The normalized spacial score (nSPS) is 13.2. The van der Waals surface area contributed by atoms with Crippen LogP contribution in [0.2, 0.25) is 0 Å². The van der Waals surface area contributed by atoms with Crippen LogP contribution in [0, 0.1) is 0 Å². The standard InChI is InChI=1S/C23H22N4O/c1-2-14-27-20-13-6-5-11-19(20)25-23(27)26-22(28)21-15-8-3-4-10-17(15)24-18-12-7-9-16(18)21/h3-6,8,10-11,13H,2,7,9,12,14H2,1H3,(H,25,26,28). The van der Waals surface area contributed by atoms with Crippen molar-refractivity contribution in [3.8, 4) is 0 Å². The molecule has 0 aliphatic heterocycles. The second-order valence-electron chi connectivity index (χ2n) is 7.31. The molecule has 1 N–H and O–H groups in total. The van der Waals surface area contributed by atoms with Gasteiger partial charge in [-0.25, -0.2) is 4.98 Å². The van der Waals surface area contributed by atoms with Crippen molar-refractivity contribution < 1.29 is 4.79 Å². The second kappa shape index (κ2) is 6.75. The minimum Gasteiger partial charge on any atom is -0.310 e. The van der Waals surface area contributed by atoms with Crippen molar-refractivity contribution in [2.24, 2.45) is 0 Å². The lowest BCUT2D eigenvalue weighted by atomic mass is 10.0. The Morgan fingerprint density at radius 2 is 1.82 bits per heavy atom. The smallest absolute Gasteiger partial charge is 0.259 e. The number of aromatic nitrogens is 3. The van der Waals surface area contributed by atoms with Gasteiger partial charge in [0.15, 0.2) is 0 Å². The van der Waals surface area contributed by atoms with Crippen molar-refractivity contribution >= 4 is 33.8 Å². The fraction of sp³-hybridized carbons (Fsp3) is 0.261. The molecule has 140 valence electrons. The first-order chi connectivity index (χ1) is 13.8. The molecule has 2 aromatic heterocycles. The first-order valence-corrected chi connectivity index (χ1v) is 9.93. The Hall–Kier alpha value is -3.21. The summed E-state index contributed by atoms with van der Waals surface area (Å²) in [7, 11) is 0. The predicted octanol–water partition coefficient (Wildman–Crippen LogP) is 4.74. The average Bonchev–Trinajstić information content (AvgIpc) is 3.31. The number of hydrogen-bond acceptors (Lipinski definition) is 3. The Morgan fingerprint density at radius 3 is 2.68 bits per heavy atom. The van der Waals surface area contributed by atoms with Crippen LogP contribution in [-0.4, -0.2) is 20.4 Å². The van der Waals surface area contributed by atoms with E-state index in [1.807, 2.05) is 48.5 Å². The third-order valence-corrected chi connectivity index (χ3v) is 5.47. The molecule has 0 spiro atoms. The van der Waals surface area contributed by atoms with Crippen molar-refractivity contribution in [3.63, 3.8) is 0 Å². The zero-order chi connectivity index (χ0) is 19.1. The SMILES string of the molecule is CCCn1c(NC(=O)c2c3c(nc4ccccc24)CCC3)nc2ccccc21. The van der Waals surface area contributed by atoms with E-state index < -0.39 is 0 Å². The lowest BCUT2D eigenvalue weighted by molar-refractivity contribution is 0.102. The zero-order valence-electron chi connectivity index (χ0n) is 15.9. The lowest BCUT2D eigenvalue weighted by Gasteiger charge is -2.13. The third kappa shape index (κ3) is 2.66. The van der Waals surface area contributed by atoms with Crippen LogP contribution in [0.1, 0.15) is 41.4 Å². The number of imidazole rings is 1. The van der Waals surface area contributed by atoms with Crippen molar-refractivity contribution in [3.05, 3.63) is 65.4 Å². The molecule has 0 bridgehead atoms. The molecule has 2 heterocycles. The lowest BCUT2D eigenvalue weighted by Crippen LogP contribution is -2.18. The first-order valence-electron chi connectivity index (χ1n) is 9.93. The molecule has 1 amide bonds. The molecule has 2 aromatic carbocycles. The quantitative estimate of drug-likeness (QED) is 0.565. The van der Waals surface area contributed by atoms with Gasteiger partial charge in [-0.05, 0) is 49.4 Å². The molecule has 0 atom stereocenters. The highest BCUT2D eigenvalue weighted by Crippen LogP contribution is 2.31. The maximum absolute atomic E-state index is 13.4. The Labute approximate surface area is 163 Å². The predicted molar refractivity (Wildman–Crippen MR) is 112 cm³/mol. The van der Waals surface area contributed by atoms with Crippen LogP contribution in [-0.2, 0) is 19.4 Å². The number of anilines is 1. The number of carbonyl (C=O) groups excluding carboxylic acids is 1. The Kier molecular flexibility index (Phi) is 4.08. The summed E-state index contributed by atoms with van der Waals surface area (Å²) in [6, 6.07) is 15.9. The summed E-state index contributed by atoms with van der Waals surface area (Å²) in [6.07, 6.45) is 3.86. The molecule has 5 nitrogen and oxygen atoms in total. The van der Waals surface area contributed by atoms with Crippen LogP contribution in [0.15, 0.2) is 48.5 Å². The number of nitrogens with one attached hydrogen (secondary N) is 1. The molecule has 5 rings (SSSR count). The van der Waals surface area contributed by atoms with E-state index in [1.54, 1.807) is 0 Å². The average molecular weight is 370 g/mol. The van der Waals surface area contributed by atoms with Gasteiger partial charge >= 0.3 is 0 Å². The van der Waals surface area contributed by atoms with Gasteiger partial charge in [0.25, 0.3) is 5.91 Å². The molecule has 5 heteroatoms. The maximum atomic E-state index is 13.4. The van der Waals surface area contributed by atoms with E-state index >= 15 is 0 Å². The van der Waals surface area contributed by atoms with Gasteiger partial charge in [-0.15, -0.1) is 0 Å². The van der Waals surface area contributed by atoms with Crippen LogP contribution in [0.5, 0.6) is 0 Å². The maximum Gasteiger partial charge on any atom is 0.259 e. The molecule has 28 heavy (non-hydrogen) atoms. The van der Waals surface area contributed by atoms with Crippen LogP contribution in [0.4, 0.5) is 5.95 Å². The minimum atomic E-state index is -0.0931. The van der Waals surface area contributed by atoms with Crippen LogP contribution < -0.4 is 5.32 Å². The second-order valence-corrected chi connectivity index (χ2v) is 7.31. The van der Waals surface area contributed by atoms with Crippen molar-refractivity contribution in [1.82, 2.24) is 14.5 Å². The van der Waals surface area contributed by atoms with Gasteiger partial charge < -0.3 is 4.57 Å². The monoisotopic (exact) mass is 370 g/mol.